The number of aliphatic hydroxyl groups excluding tert-OH is 2. The van der Waals surface area contributed by atoms with Crippen molar-refractivity contribution in [3.05, 3.63) is 12.7 Å². The van der Waals surface area contributed by atoms with Crippen molar-refractivity contribution in [1.29, 1.82) is 0 Å². The van der Waals surface area contributed by atoms with Gasteiger partial charge in [-0.2, -0.15) is 0 Å². The fraction of sp³-hybridized carbons (Fsp3) is 0.722. The minimum atomic E-state index is -4.42. The lowest BCUT2D eigenvalue weighted by Crippen LogP contribution is -2.40. The first-order valence-corrected chi connectivity index (χ1v) is 11.6. The summed E-state index contributed by atoms with van der Waals surface area (Å²) in [5, 5.41) is 29.6. The standard InChI is InChI=1S/C18H30N5O7P/c1-5-17(3,30-31(27,28)18(4,26)6-2)7-10-12(24)13(25)16(29-10)23-9-22-11-14(19)20-8-21-15(11)23/h8-10,12-13,16,24-26H,5-7H2,1-4H3,(H,27,28)(H2,19,20,21)/t10?,12?,13-,16-,17+,18?/m1/s1. The highest BCUT2D eigenvalue weighted by Gasteiger charge is 2.50. The molecule has 0 bridgehead atoms. The van der Waals surface area contributed by atoms with E-state index in [4.69, 9.17) is 15.0 Å². The summed E-state index contributed by atoms with van der Waals surface area (Å²) < 4.78 is 25.6. The lowest BCUT2D eigenvalue weighted by atomic mass is 9.93. The zero-order valence-electron chi connectivity index (χ0n) is 17.9. The number of nitrogen functional groups attached to an aromatic ring is 1. The summed E-state index contributed by atoms with van der Waals surface area (Å²) in [6.07, 6.45) is -1.62. The molecule has 1 aliphatic rings. The fourth-order valence-corrected chi connectivity index (χ4v) is 4.85. The van der Waals surface area contributed by atoms with Crippen LogP contribution in [0, 0.1) is 0 Å². The molecule has 4 unspecified atom stereocenters. The maximum atomic E-state index is 12.7. The van der Waals surface area contributed by atoms with Crippen LogP contribution in [0.5, 0.6) is 0 Å². The van der Waals surface area contributed by atoms with E-state index in [1.54, 1.807) is 20.8 Å². The summed E-state index contributed by atoms with van der Waals surface area (Å²) in [6.45, 7) is 6.16. The Hall–Kier alpha value is -1.66. The monoisotopic (exact) mass is 459 g/mol. The minimum absolute atomic E-state index is 0.00762. The second-order valence-corrected chi connectivity index (χ2v) is 10.5. The van der Waals surface area contributed by atoms with Crippen molar-refractivity contribution in [1.82, 2.24) is 19.5 Å². The van der Waals surface area contributed by atoms with Gasteiger partial charge in [0.1, 0.15) is 24.1 Å². The molecule has 3 heterocycles. The van der Waals surface area contributed by atoms with Crippen molar-refractivity contribution in [3.8, 4) is 0 Å². The van der Waals surface area contributed by atoms with E-state index in [2.05, 4.69) is 15.0 Å². The molecule has 3 rings (SSSR count). The van der Waals surface area contributed by atoms with E-state index in [1.165, 1.54) is 24.1 Å². The molecule has 13 heteroatoms. The number of nitrogens with zero attached hydrogens (tertiary/aromatic N) is 4. The highest BCUT2D eigenvalue weighted by Crippen LogP contribution is 2.59. The minimum Gasteiger partial charge on any atom is -0.388 e. The van der Waals surface area contributed by atoms with Gasteiger partial charge in [0.25, 0.3) is 0 Å². The lowest BCUT2D eigenvalue weighted by molar-refractivity contribution is -0.0689. The number of ether oxygens (including phenoxy) is 1. The molecule has 2 aromatic heterocycles. The van der Waals surface area contributed by atoms with Crippen molar-refractivity contribution in [2.24, 2.45) is 0 Å². The van der Waals surface area contributed by atoms with E-state index in [9.17, 15) is 24.8 Å². The van der Waals surface area contributed by atoms with Gasteiger partial charge in [0, 0.05) is 6.42 Å². The third-order valence-corrected chi connectivity index (χ3v) is 8.22. The van der Waals surface area contributed by atoms with Gasteiger partial charge in [0.15, 0.2) is 23.0 Å². The predicted molar refractivity (Wildman–Crippen MR) is 111 cm³/mol. The first kappa shape index (κ1) is 24.0. The number of imidazole rings is 1. The Labute approximate surface area is 179 Å². The highest BCUT2D eigenvalue weighted by atomic mass is 31.2. The van der Waals surface area contributed by atoms with E-state index in [1.807, 2.05) is 0 Å². The zero-order chi connectivity index (χ0) is 23.2. The zero-order valence-corrected chi connectivity index (χ0v) is 18.8. The van der Waals surface area contributed by atoms with E-state index in [0.717, 1.165) is 0 Å². The third kappa shape index (κ3) is 4.34. The molecule has 0 aromatic carbocycles. The highest BCUT2D eigenvalue weighted by molar-refractivity contribution is 7.54. The van der Waals surface area contributed by atoms with Gasteiger partial charge in [0.05, 0.1) is 18.0 Å². The molecule has 1 aliphatic heterocycles. The summed E-state index contributed by atoms with van der Waals surface area (Å²) in [5.41, 5.74) is 5.25. The van der Waals surface area contributed by atoms with Crippen molar-refractivity contribution in [2.45, 2.75) is 82.4 Å². The van der Waals surface area contributed by atoms with Crippen LogP contribution >= 0.6 is 7.60 Å². The summed E-state index contributed by atoms with van der Waals surface area (Å²) in [6, 6.07) is 0. The molecular formula is C18H30N5O7P. The first-order valence-electron chi connectivity index (χ1n) is 10.1. The average molecular weight is 459 g/mol. The van der Waals surface area contributed by atoms with Crippen LogP contribution in [0.15, 0.2) is 12.7 Å². The second kappa shape index (κ2) is 8.36. The second-order valence-electron chi connectivity index (χ2n) is 8.32. The Balaban J connectivity index is 1.83. The molecule has 6 N–H and O–H groups in total. The topological polar surface area (TPSA) is 186 Å². The summed E-state index contributed by atoms with van der Waals surface area (Å²) >= 11 is 0. The quantitative estimate of drug-likeness (QED) is 0.353. The van der Waals surface area contributed by atoms with Gasteiger partial charge >= 0.3 is 7.60 Å². The van der Waals surface area contributed by atoms with Gasteiger partial charge in [-0.1, -0.05) is 13.8 Å². The van der Waals surface area contributed by atoms with Crippen LogP contribution in [0.2, 0.25) is 0 Å². The van der Waals surface area contributed by atoms with Gasteiger partial charge in [-0.25, -0.2) is 15.0 Å². The van der Waals surface area contributed by atoms with Crippen LogP contribution < -0.4 is 5.73 Å². The molecule has 174 valence electrons. The van der Waals surface area contributed by atoms with Crippen LogP contribution in [0.25, 0.3) is 11.2 Å². The van der Waals surface area contributed by atoms with Gasteiger partial charge in [-0.15, -0.1) is 0 Å². The number of aromatic nitrogens is 4. The number of hydrogen-bond acceptors (Lipinski definition) is 10. The number of fused-ring (bicyclic) bond motifs is 1. The predicted octanol–water partition coefficient (Wildman–Crippen LogP) is 0.907. The van der Waals surface area contributed by atoms with Crippen molar-refractivity contribution in [3.63, 3.8) is 0 Å². The Morgan fingerprint density at radius 2 is 1.90 bits per heavy atom. The van der Waals surface area contributed by atoms with Crippen LogP contribution in [-0.2, 0) is 13.8 Å². The van der Waals surface area contributed by atoms with Crippen LogP contribution in [0.3, 0.4) is 0 Å². The normalized spacial score (nSPS) is 30.1. The number of nitrogens with two attached hydrogens (primary N) is 1. The summed E-state index contributed by atoms with van der Waals surface area (Å²) in [7, 11) is -4.42. The van der Waals surface area contributed by atoms with Crippen LogP contribution in [-0.4, -0.2) is 69.0 Å². The van der Waals surface area contributed by atoms with Crippen LogP contribution in [0.1, 0.15) is 53.2 Å². The Bertz CT molecular complexity index is 985. The Morgan fingerprint density at radius 1 is 1.23 bits per heavy atom. The average Bonchev–Trinajstić information content (AvgIpc) is 3.25. The van der Waals surface area contributed by atoms with Crippen LogP contribution in [0.4, 0.5) is 5.82 Å². The third-order valence-electron chi connectivity index (χ3n) is 6.00. The largest absolute Gasteiger partial charge is 0.388 e. The van der Waals surface area contributed by atoms with E-state index in [0.29, 0.717) is 17.6 Å². The molecule has 12 nitrogen and oxygen atoms in total. The fourth-order valence-electron chi connectivity index (χ4n) is 3.45. The molecule has 0 saturated carbocycles. The van der Waals surface area contributed by atoms with Gasteiger partial charge in [-0.3, -0.25) is 9.13 Å². The molecule has 0 amide bonds. The van der Waals surface area contributed by atoms with Crippen molar-refractivity contribution < 1.29 is 34.0 Å². The van der Waals surface area contributed by atoms with Gasteiger partial charge < -0.3 is 35.2 Å². The Kier molecular flexibility index (Phi) is 6.47. The van der Waals surface area contributed by atoms with E-state index < -0.39 is 43.1 Å². The smallest absolute Gasteiger partial charge is 0.359 e. The molecule has 7 atom stereocenters. The maximum absolute atomic E-state index is 12.7. The molecule has 0 spiro atoms. The molecule has 0 aliphatic carbocycles. The Morgan fingerprint density at radius 3 is 2.52 bits per heavy atom. The van der Waals surface area contributed by atoms with E-state index in [-0.39, 0.29) is 18.7 Å². The van der Waals surface area contributed by atoms with Gasteiger partial charge in [-0.05, 0) is 26.7 Å². The number of aliphatic hydroxyl groups is 3. The number of rotatable bonds is 8. The summed E-state index contributed by atoms with van der Waals surface area (Å²) in [4.78, 5) is 22.5. The SMILES string of the molecule is CCC(C)(O)P(=O)(O)O[C@@](C)(CC)CC1O[C@@H](n2cnc3c(N)ncnc32)[C@H](O)C1O. The molecule has 1 saturated heterocycles. The van der Waals surface area contributed by atoms with Gasteiger partial charge in [0.2, 0.25) is 0 Å². The molecule has 1 fully saturated rings. The molecule has 2 aromatic rings. The molecular weight excluding hydrogens is 429 g/mol. The van der Waals surface area contributed by atoms with Crippen molar-refractivity contribution in [2.75, 3.05) is 5.73 Å². The number of hydrogen-bond donors (Lipinski definition) is 5. The lowest BCUT2D eigenvalue weighted by Gasteiger charge is -2.37. The maximum Gasteiger partial charge on any atom is 0.359 e. The summed E-state index contributed by atoms with van der Waals surface area (Å²) in [5.74, 6) is 0.168. The number of anilines is 1. The molecule has 31 heavy (non-hydrogen) atoms. The first-order chi connectivity index (χ1) is 14.4. The van der Waals surface area contributed by atoms with E-state index >= 15 is 0 Å². The molecule has 0 radical (unpaired) electrons. The van der Waals surface area contributed by atoms with Crippen molar-refractivity contribution >= 4 is 24.6 Å².